The molecule has 1 atom stereocenters. The Kier molecular flexibility index (Phi) is 3.60. The van der Waals surface area contributed by atoms with Crippen LogP contribution in [-0.4, -0.2) is 32.5 Å². The summed E-state index contributed by atoms with van der Waals surface area (Å²) in [5, 5.41) is 12.8. The minimum Gasteiger partial charge on any atom is -0.343 e. The third-order valence-electron chi connectivity index (χ3n) is 3.55. The van der Waals surface area contributed by atoms with Crippen LogP contribution in [0.4, 0.5) is 0 Å². The van der Waals surface area contributed by atoms with Gasteiger partial charge in [0.1, 0.15) is 5.69 Å². The number of carbonyl (C=O) groups excluding carboxylic acids is 1. The maximum absolute atomic E-state index is 12.6. The van der Waals surface area contributed by atoms with Gasteiger partial charge in [0, 0.05) is 12.7 Å². The van der Waals surface area contributed by atoms with E-state index in [2.05, 4.69) is 15.1 Å². The van der Waals surface area contributed by atoms with Crippen LogP contribution in [-0.2, 0) is 0 Å². The highest BCUT2D eigenvalue weighted by Gasteiger charge is 2.32. The van der Waals surface area contributed by atoms with Crippen molar-refractivity contribution in [1.82, 2.24) is 20.0 Å². The smallest absolute Gasteiger partial charge is 0.273 e. The first-order chi connectivity index (χ1) is 10.3. The van der Waals surface area contributed by atoms with E-state index in [1.54, 1.807) is 11.0 Å². The first-order valence-electron chi connectivity index (χ1n) is 6.73. The summed E-state index contributed by atoms with van der Waals surface area (Å²) in [6.07, 6.45) is 5.47. The summed E-state index contributed by atoms with van der Waals surface area (Å²) >= 11 is 0. The van der Waals surface area contributed by atoms with Gasteiger partial charge in [-0.3, -0.25) is 9.78 Å². The largest absolute Gasteiger partial charge is 0.343 e. The van der Waals surface area contributed by atoms with Crippen LogP contribution >= 0.6 is 0 Å². The number of hydrogen-bond acceptors (Lipinski definition) is 6. The van der Waals surface area contributed by atoms with Gasteiger partial charge in [0.05, 0.1) is 17.7 Å². The topological polar surface area (TPSA) is 95.9 Å². The lowest BCUT2D eigenvalue weighted by Gasteiger charge is -2.33. The lowest BCUT2D eigenvalue weighted by molar-refractivity contribution is 0.0590. The Labute approximate surface area is 121 Å². The summed E-state index contributed by atoms with van der Waals surface area (Å²) in [7, 11) is 0. The van der Waals surface area contributed by atoms with Crippen LogP contribution < -0.4 is 0 Å². The molecule has 1 aliphatic rings. The fraction of sp³-hybridized carbons (Fsp3) is 0.357. The summed E-state index contributed by atoms with van der Waals surface area (Å²) in [6, 6.07) is 4.89. The molecule has 2 aromatic heterocycles. The normalized spacial score (nSPS) is 18.2. The number of piperidine rings is 1. The summed E-state index contributed by atoms with van der Waals surface area (Å²) in [5.41, 5.74) is 0.686. The lowest BCUT2D eigenvalue weighted by atomic mass is 10.0. The van der Waals surface area contributed by atoms with Crippen LogP contribution in [0.3, 0.4) is 0 Å². The number of aromatic nitrogens is 3. The summed E-state index contributed by atoms with van der Waals surface area (Å²) in [6.45, 7) is 0.622. The molecule has 1 aliphatic heterocycles. The zero-order chi connectivity index (χ0) is 14.7. The molecular weight excluding hydrogens is 270 g/mol. The van der Waals surface area contributed by atoms with E-state index in [0.717, 1.165) is 19.3 Å². The Bertz CT molecular complexity index is 677. The maximum Gasteiger partial charge on any atom is 0.273 e. The van der Waals surface area contributed by atoms with Gasteiger partial charge < -0.3 is 9.42 Å². The fourth-order valence-corrected chi connectivity index (χ4v) is 2.53. The van der Waals surface area contributed by atoms with Crippen molar-refractivity contribution in [2.45, 2.75) is 25.3 Å². The van der Waals surface area contributed by atoms with Crippen molar-refractivity contribution in [3.8, 4) is 6.07 Å². The Balaban J connectivity index is 1.89. The van der Waals surface area contributed by atoms with Gasteiger partial charge in [0.15, 0.2) is 5.82 Å². The molecular formula is C14H13N5O2. The highest BCUT2D eigenvalue weighted by molar-refractivity contribution is 5.92. The molecule has 7 nitrogen and oxygen atoms in total. The van der Waals surface area contributed by atoms with E-state index in [4.69, 9.17) is 9.78 Å². The highest BCUT2D eigenvalue weighted by atomic mass is 16.5. The van der Waals surface area contributed by atoms with Crippen LogP contribution in [0.1, 0.15) is 47.2 Å². The van der Waals surface area contributed by atoms with E-state index in [1.807, 2.05) is 6.07 Å². The quantitative estimate of drug-likeness (QED) is 0.832. The maximum atomic E-state index is 12.6. The van der Waals surface area contributed by atoms with Gasteiger partial charge in [-0.1, -0.05) is 5.16 Å². The number of pyridine rings is 1. The van der Waals surface area contributed by atoms with Crippen LogP contribution in [0.25, 0.3) is 0 Å². The molecule has 0 N–H and O–H groups in total. The zero-order valence-corrected chi connectivity index (χ0v) is 11.3. The molecule has 1 saturated heterocycles. The van der Waals surface area contributed by atoms with Gasteiger partial charge in [-0.05, 0) is 31.4 Å². The van der Waals surface area contributed by atoms with Crippen LogP contribution in [0.2, 0.25) is 0 Å². The molecule has 0 aromatic carbocycles. The number of likely N-dealkylation sites (tertiary alicyclic amines) is 1. The minimum absolute atomic E-state index is 0.197. The number of rotatable bonds is 2. The number of carbonyl (C=O) groups is 1. The summed E-state index contributed by atoms with van der Waals surface area (Å²) < 4.78 is 4.78. The Morgan fingerprint density at radius 3 is 3.10 bits per heavy atom. The fourth-order valence-electron chi connectivity index (χ4n) is 2.53. The number of nitriles is 1. The Morgan fingerprint density at radius 1 is 1.43 bits per heavy atom. The van der Waals surface area contributed by atoms with Crippen molar-refractivity contribution in [2.24, 2.45) is 0 Å². The molecule has 0 aliphatic carbocycles. The average Bonchev–Trinajstić information content (AvgIpc) is 3.08. The van der Waals surface area contributed by atoms with Crippen LogP contribution in [0, 0.1) is 11.3 Å². The van der Waals surface area contributed by atoms with Crippen molar-refractivity contribution in [2.75, 3.05) is 6.54 Å². The molecule has 0 radical (unpaired) electrons. The minimum atomic E-state index is -0.207. The van der Waals surface area contributed by atoms with E-state index in [0.29, 0.717) is 17.9 Å². The molecule has 3 rings (SSSR count). The van der Waals surface area contributed by atoms with Gasteiger partial charge in [0.25, 0.3) is 5.91 Å². The third-order valence-corrected chi connectivity index (χ3v) is 3.55. The molecule has 0 bridgehead atoms. The second-order valence-corrected chi connectivity index (χ2v) is 4.84. The van der Waals surface area contributed by atoms with Gasteiger partial charge in [-0.15, -0.1) is 0 Å². The van der Waals surface area contributed by atoms with Crippen molar-refractivity contribution in [3.63, 3.8) is 0 Å². The molecule has 1 fully saturated rings. The molecule has 106 valence electrons. The van der Waals surface area contributed by atoms with Gasteiger partial charge >= 0.3 is 0 Å². The van der Waals surface area contributed by atoms with E-state index in [9.17, 15) is 4.79 Å². The Morgan fingerprint density at radius 2 is 2.33 bits per heavy atom. The Hall–Kier alpha value is -2.75. The summed E-state index contributed by atoms with van der Waals surface area (Å²) in [4.78, 5) is 22.5. The lowest BCUT2D eigenvalue weighted by Crippen LogP contribution is -2.39. The predicted molar refractivity (Wildman–Crippen MR) is 70.9 cm³/mol. The van der Waals surface area contributed by atoms with Gasteiger partial charge in [-0.25, -0.2) is 0 Å². The molecule has 7 heteroatoms. The first-order valence-corrected chi connectivity index (χ1v) is 6.73. The van der Waals surface area contributed by atoms with E-state index in [-0.39, 0.29) is 17.6 Å². The molecule has 0 spiro atoms. The molecule has 21 heavy (non-hydrogen) atoms. The number of amides is 1. The monoisotopic (exact) mass is 283 g/mol. The standard InChI is InChI=1S/C14H13N5O2/c15-8-10-4-5-16-11(7-10)14(20)19-6-2-1-3-12(19)13-17-9-21-18-13/h4-5,7,9,12H,1-3,6H2. The second kappa shape index (κ2) is 5.71. The van der Waals surface area contributed by atoms with Crippen molar-refractivity contribution >= 4 is 5.91 Å². The van der Waals surface area contributed by atoms with Crippen LogP contribution in [0.5, 0.6) is 0 Å². The molecule has 1 unspecified atom stereocenters. The molecule has 0 saturated carbocycles. The van der Waals surface area contributed by atoms with E-state index >= 15 is 0 Å². The van der Waals surface area contributed by atoms with Crippen molar-refractivity contribution in [1.29, 1.82) is 5.26 Å². The average molecular weight is 283 g/mol. The third kappa shape index (κ3) is 2.60. The first kappa shape index (κ1) is 13.2. The van der Waals surface area contributed by atoms with E-state index < -0.39 is 0 Å². The number of hydrogen-bond donors (Lipinski definition) is 0. The molecule has 3 heterocycles. The highest BCUT2D eigenvalue weighted by Crippen LogP contribution is 2.29. The molecule has 2 aromatic rings. The van der Waals surface area contributed by atoms with Crippen molar-refractivity contribution in [3.05, 3.63) is 41.8 Å². The van der Waals surface area contributed by atoms with Crippen molar-refractivity contribution < 1.29 is 9.32 Å². The molecule has 1 amide bonds. The van der Waals surface area contributed by atoms with Gasteiger partial charge in [-0.2, -0.15) is 10.2 Å². The zero-order valence-electron chi connectivity index (χ0n) is 11.3. The van der Waals surface area contributed by atoms with E-state index in [1.165, 1.54) is 18.7 Å². The number of nitrogens with zero attached hydrogens (tertiary/aromatic N) is 5. The van der Waals surface area contributed by atoms with Crippen LogP contribution in [0.15, 0.2) is 29.2 Å². The van der Waals surface area contributed by atoms with Gasteiger partial charge in [0.2, 0.25) is 6.39 Å². The summed E-state index contributed by atoms with van der Waals surface area (Å²) in [5.74, 6) is 0.307. The SMILES string of the molecule is N#Cc1ccnc(C(=O)N2CCCCC2c2ncon2)c1. The predicted octanol–water partition coefficient (Wildman–Crippen LogP) is 1.70. The second-order valence-electron chi connectivity index (χ2n) is 4.84.